The molecule has 0 aliphatic rings. The number of carbonyl (C=O) groups is 4. The number of Topliss-reactive ketones (excluding diaryl/α,β-unsaturated/α-hetero) is 4. The summed E-state index contributed by atoms with van der Waals surface area (Å²) in [6.07, 6.45) is 47.3. The maximum atomic E-state index is 13.6. The van der Waals surface area contributed by atoms with Gasteiger partial charge in [-0.05, 0) is 92.0 Å². The Morgan fingerprint density at radius 1 is 0.293 bits per heavy atom. The zero-order chi connectivity index (χ0) is 54.4. The van der Waals surface area contributed by atoms with Gasteiger partial charge in [0.1, 0.15) is 23.1 Å². The van der Waals surface area contributed by atoms with Crippen LogP contribution in [0.1, 0.15) is 327 Å². The topological polar surface area (TPSA) is 93.0 Å². The lowest BCUT2D eigenvalue weighted by Crippen LogP contribution is -2.12. The molecule has 6 heteroatoms. The second-order valence-electron chi connectivity index (χ2n) is 22.7. The van der Waals surface area contributed by atoms with Gasteiger partial charge < -0.3 is 0 Å². The predicted molar refractivity (Wildman–Crippen MR) is 325 cm³/mol. The van der Waals surface area contributed by atoms with E-state index in [0.717, 1.165) is 129 Å². The first-order valence-electron chi connectivity index (χ1n) is 32.1. The third-order valence-corrected chi connectivity index (χ3v) is 15.4. The van der Waals surface area contributed by atoms with Gasteiger partial charge in [0.2, 0.25) is 0 Å². The SMILES string of the molecule is CCCCCCCCCCC(=O)Cc1ccc(N=C(C)C(CCCCCC)=Nc2ccc(CC(=O)CCCCCCCCCC)c(CC(=O)CCCCCCCCCC)c2)cc1CC(=O)CCCCCCCCCC. The molecule has 0 unspecified atom stereocenters. The highest BCUT2D eigenvalue weighted by atomic mass is 16.1. The standard InChI is InChI=1S/C69H114N2O4/c1-7-12-17-22-26-30-34-38-43-65(72)54-59-48-50-63(52-61(59)56-67(74)45-40-36-32-28-24-19-14-9-3)70-58(6)69(47-42-21-16-11-5)71-64-51-49-60(55-66(73)44-39-35-31-27-23-18-13-8-2)62(53-64)57-68(75)46-41-37-33-29-25-20-15-10-4/h48-53H,7-47,54-57H2,1-6H3. The quantitative estimate of drug-likeness (QED) is 0.0487. The molecule has 0 radical (unpaired) electrons. The maximum absolute atomic E-state index is 13.6. The highest BCUT2D eigenvalue weighted by Gasteiger charge is 2.16. The molecule has 424 valence electrons. The fourth-order valence-electron chi connectivity index (χ4n) is 10.5. The van der Waals surface area contributed by atoms with Gasteiger partial charge in [-0.15, -0.1) is 0 Å². The molecule has 2 aromatic rings. The van der Waals surface area contributed by atoms with E-state index >= 15 is 0 Å². The number of ketones is 4. The van der Waals surface area contributed by atoms with Crippen molar-refractivity contribution >= 4 is 45.9 Å². The average molecular weight is 1040 g/mol. The van der Waals surface area contributed by atoms with Crippen molar-refractivity contribution in [1.29, 1.82) is 0 Å². The molecular formula is C69H114N2O4. The Morgan fingerprint density at radius 3 is 0.840 bits per heavy atom. The Hall–Kier alpha value is -3.54. The van der Waals surface area contributed by atoms with E-state index < -0.39 is 0 Å². The minimum absolute atomic E-state index is 0.235. The van der Waals surface area contributed by atoms with E-state index in [1.807, 2.05) is 25.1 Å². The normalized spacial score (nSPS) is 12.0. The van der Waals surface area contributed by atoms with Crippen LogP contribution in [0.5, 0.6) is 0 Å². The molecule has 0 heterocycles. The third kappa shape index (κ3) is 35.5. The van der Waals surface area contributed by atoms with Crippen LogP contribution in [-0.4, -0.2) is 34.6 Å². The molecule has 0 aromatic heterocycles. The van der Waals surface area contributed by atoms with Gasteiger partial charge in [-0.25, -0.2) is 0 Å². The third-order valence-electron chi connectivity index (χ3n) is 15.4. The van der Waals surface area contributed by atoms with E-state index in [2.05, 4.69) is 52.8 Å². The Kier molecular flexibility index (Phi) is 41.9. The largest absolute Gasteiger partial charge is 0.299 e. The monoisotopic (exact) mass is 1030 g/mol. The van der Waals surface area contributed by atoms with Gasteiger partial charge in [0.15, 0.2) is 0 Å². The number of unbranched alkanes of at least 4 members (excludes halogenated alkanes) is 31. The molecule has 0 atom stereocenters. The lowest BCUT2D eigenvalue weighted by molar-refractivity contribution is -0.119. The molecule has 0 aliphatic heterocycles. The molecule has 0 N–H and O–H groups in total. The first-order valence-corrected chi connectivity index (χ1v) is 32.1. The van der Waals surface area contributed by atoms with Crippen LogP contribution in [0.25, 0.3) is 0 Å². The van der Waals surface area contributed by atoms with Crippen LogP contribution in [0.15, 0.2) is 46.4 Å². The molecular weight excluding hydrogens is 921 g/mol. The minimum Gasteiger partial charge on any atom is -0.299 e. The van der Waals surface area contributed by atoms with E-state index in [0.29, 0.717) is 51.4 Å². The highest BCUT2D eigenvalue weighted by Crippen LogP contribution is 2.26. The van der Waals surface area contributed by atoms with Crippen molar-refractivity contribution in [3.63, 3.8) is 0 Å². The number of rotatable bonds is 52. The lowest BCUT2D eigenvalue weighted by atomic mass is 9.94. The van der Waals surface area contributed by atoms with Crippen LogP contribution >= 0.6 is 0 Å². The molecule has 0 spiro atoms. The van der Waals surface area contributed by atoms with Crippen LogP contribution in [0.2, 0.25) is 0 Å². The minimum atomic E-state index is 0.235. The van der Waals surface area contributed by atoms with Crippen LogP contribution in [-0.2, 0) is 44.9 Å². The molecule has 0 fully saturated rings. The van der Waals surface area contributed by atoms with E-state index in [1.54, 1.807) is 0 Å². The number of hydrogen-bond donors (Lipinski definition) is 0. The Labute approximate surface area is 462 Å². The summed E-state index contributed by atoms with van der Waals surface area (Å²) < 4.78 is 0. The van der Waals surface area contributed by atoms with Gasteiger partial charge >= 0.3 is 0 Å². The van der Waals surface area contributed by atoms with E-state index in [9.17, 15) is 19.2 Å². The number of benzene rings is 2. The molecule has 2 rings (SSSR count). The van der Waals surface area contributed by atoms with E-state index in [-0.39, 0.29) is 23.1 Å². The van der Waals surface area contributed by atoms with Gasteiger partial charge in [0.05, 0.1) is 22.8 Å². The Bertz CT molecular complexity index is 1870. The van der Waals surface area contributed by atoms with Crippen molar-refractivity contribution in [3.8, 4) is 0 Å². The summed E-state index contributed by atoms with van der Waals surface area (Å²) in [5.74, 6) is 0.975. The van der Waals surface area contributed by atoms with Crippen molar-refractivity contribution in [2.24, 2.45) is 9.98 Å². The van der Waals surface area contributed by atoms with E-state index in [1.165, 1.54) is 154 Å². The fraction of sp³-hybridized carbons (Fsp3) is 0.739. The van der Waals surface area contributed by atoms with Crippen LogP contribution in [0.4, 0.5) is 11.4 Å². The number of aliphatic imine (C=N–C) groups is 2. The average Bonchev–Trinajstić information content (AvgIpc) is 3.39. The Balaban J connectivity index is 2.40. The first kappa shape index (κ1) is 67.6. The van der Waals surface area contributed by atoms with Crippen molar-refractivity contribution in [1.82, 2.24) is 0 Å². The zero-order valence-corrected chi connectivity index (χ0v) is 49.8. The summed E-state index contributed by atoms with van der Waals surface area (Å²) in [5, 5.41) is 0. The number of nitrogens with zero attached hydrogens (tertiary/aromatic N) is 2. The lowest BCUT2D eigenvalue weighted by Gasteiger charge is -2.13. The van der Waals surface area contributed by atoms with Gasteiger partial charge in [-0.1, -0.05) is 246 Å². The van der Waals surface area contributed by atoms with Crippen LogP contribution < -0.4 is 0 Å². The summed E-state index contributed by atoms with van der Waals surface area (Å²) in [4.78, 5) is 64.6. The molecule has 75 heavy (non-hydrogen) atoms. The molecule has 0 bridgehead atoms. The van der Waals surface area contributed by atoms with Gasteiger partial charge in [0.25, 0.3) is 0 Å². The van der Waals surface area contributed by atoms with Crippen molar-refractivity contribution in [2.45, 2.75) is 330 Å². The second-order valence-corrected chi connectivity index (χ2v) is 22.7. The molecule has 0 aliphatic carbocycles. The van der Waals surface area contributed by atoms with Crippen molar-refractivity contribution < 1.29 is 19.2 Å². The zero-order valence-electron chi connectivity index (χ0n) is 49.8. The van der Waals surface area contributed by atoms with Crippen molar-refractivity contribution in [2.75, 3.05) is 0 Å². The summed E-state index contributed by atoms with van der Waals surface area (Å²) in [5.41, 5.74) is 7.08. The van der Waals surface area contributed by atoms with Gasteiger partial charge in [0, 0.05) is 51.4 Å². The Morgan fingerprint density at radius 2 is 0.533 bits per heavy atom. The molecule has 0 saturated carbocycles. The van der Waals surface area contributed by atoms with Crippen molar-refractivity contribution in [3.05, 3.63) is 58.7 Å². The summed E-state index contributed by atoms with van der Waals surface area (Å²) in [6.45, 7) is 13.3. The molecule has 0 amide bonds. The molecule has 0 saturated heterocycles. The predicted octanol–water partition coefficient (Wildman–Crippen LogP) is 21.1. The summed E-state index contributed by atoms with van der Waals surface area (Å²) >= 11 is 0. The van der Waals surface area contributed by atoms with E-state index in [4.69, 9.17) is 9.98 Å². The second kappa shape index (κ2) is 46.5. The van der Waals surface area contributed by atoms with Crippen LogP contribution in [0, 0.1) is 0 Å². The highest BCUT2D eigenvalue weighted by molar-refractivity contribution is 6.42. The van der Waals surface area contributed by atoms with Gasteiger partial charge in [-0.2, -0.15) is 0 Å². The number of hydrogen-bond acceptors (Lipinski definition) is 6. The van der Waals surface area contributed by atoms with Crippen LogP contribution in [0.3, 0.4) is 0 Å². The maximum Gasteiger partial charge on any atom is 0.137 e. The molecule has 2 aromatic carbocycles. The molecule has 6 nitrogen and oxygen atoms in total. The fourth-order valence-corrected chi connectivity index (χ4v) is 10.5. The number of carbonyl (C=O) groups excluding carboxylic acids is 4. The smallest absolute Gasteiger partial charge is 0.137 e. The first-order chi connectivity index (χ1) is 36.6. The van der Waals surface area contributed by atoms with Gasteiger partial charge in [-0.3, -0.25) is 29.2 Å². The summed E-state index contributed by atoms with van der Waals surface area (Å²) in [6, 6.07) is 12.3. The summed E-state index contributed by atoms with van der Waals surface area (Å²) in [7, 11) is 0.